The van der Waals surface area contributed by atoms with Crippen molar-refractivity contribution in [2.75, 3.05) is 33.2 Å². The maximum atomic E-state index is 11.2. The Bertz CT molecular complexity index is 612. The highest BCUT2D eigenvalue weighted by Gasteiger charge is 2.43. The first-order valence-corrected chi connectivity index (χ1v) is 9.15. The molecule has 1 aromatic carbocycles. The van der Waals surface area contributed by atoms with Crippen molar-refractivity contribution < 1.29 is 4.92 Å². The van der Waals surface area contributed by atoms with Gasteiger partial charge in [-0.05, 0) is 39.7 Å². The summed E-state index contributed by atoms with van der Waals surface area (Å²) in [6.07, 6.45) is 0. The van der Waals surface area contributed by atoms with Crippen LogP contribution in [0.1, 0.15) is 26.3 Å². The summed E-state index contributed by atoms with van der Waals surface area (Å²) in [6.45, 7) is 11.7. The molecule has 1 N–H and O–H groups in total. The second kappa shape index (κ2) is 7.02. The van der Waals surface area contributed by atoms with Crippen molar-refractivity contribution in [3.63, 3.8) is 0 Å². The fourth-order valence-corrected chi connectivity index (χ4v) is 4.42. The van der Waals surface area contributed by atoms with Crippen LogP contribution in [0.3, 0.4) is 0 Å². The van der Waals surface area contributed by atoms with Gasteiger partial charge in [-0.15, -0.1) is 0 Å². The van der Waals surface area contributed by atoms with E-state index in [0.717, 1.165) is 31.7 Å². The highest BCUT2D eigenvalue weighted by atomic mass is 16.6. The maximum absolute atomic E-state index is 11.2. The number of hydrogen-bond donors (Lipinski definition) is 1. The summed E-state index contributed by atoms with van der Waals surface area (Å²) in [4.78, 5) is 16.0. The van der Waals surface area contributed by atoms with Crippen molar-refractivity contribution in [2.45, 2.75) is 38.9 Å². The summed E-state index contributed by atoms with van der Waals surface area (Å²) < 4.78 is 0. The van der Waals surface area contributed by atoms with Gasteiger partial charge in [-0.25, -0.2) is 0 Å². The van der Waals surface area contributed by atoms with E-state index in [1.54, 1.807) is 12.1 Å². The van der Waals surface area contributed by atoms with Crippen LogP contribution in [0.5, 0.6) is 0 Å². The van der Waals surface area contributed by atoms with Gasteiger partial charge in [0, 0.05) is 55.9 Å². The molecule has 25 heavy (non-hydrogen) atoms. The minimum absolute atomic E-state index is 0.190. The lowest BCUT2D eigenvalue weighted by Crippen LogP contribution is -2.65. The molecule has 2 bridgehead atoms. The molecule has 3 rings (SSSR count). The zero-order valence-corrected chi connectivity index (χ0v) is 15.7. The lowest BCUT2D eigenvalue weighted by molar-refractivity contribution is -0.385. The number of benzene rings is 1. The molecule has 2 fully saturated rings. The third kappa shape index (κ3) is 4.02. The van der Waals surface area contributed by atoms with E-state index in [0.29, 0.717) is 24.4 Å². The molecular formula is C19H30N4O2. The number of rotatable bonds is 4. The molecule has 2 aliphatic heterocycles. The Balaban J connectivity index is 1.72. The van der Waals surface area contributed by atoms with Crippen molar-refractivity contribution in [1.82, 2.24) is 15.1 Å². The second-order valence-electron chi connectivity index (χ2n) is 8.61. The quantitative estimate of drug-likeness (QED) is 0.670. The average Bonchev–Trinajstić information content (AvgIpc) is 2.51. The summed E-state index contributed by atoms with van der Waals surface area (Å²) in [7, 11) is 2.20. The van der Waals surface area contributed by atoms with E-state index in [9.17, 15) is 10.1 Å². The molecule has 2 unspecified atom stereocenters. The molecule has 0 amide bonds. The molecule has 0 spiro atoms. The van der Waals surface area contributed by atoms with Gasteiger partial charge in [-0.1, -0.05) is 18.2 Å². The first-order chi connectivity index (χ1) is 11.8. The first kappa shape index (κ1) is 18.3. The van der Waals surface area contributed by atoms with E-state index < -0.39 is 0 Å². The van der Waals surface area contributed by atoms with Crippen LogP contribution in [0.25, 0.3) is 0 Å². The van der Waals surface area contributed by atoms with E-state index >= 15 is 0 Å². The normalized spacial score (nSPS) is 28.1. The van der Waals surface area contributed by atoms with Gasteiger partial charge in [0.25, 0.3) is 5.69 Å². The highest BCUT2D eigenvalue weighted by molar-refractivity contribution is 5.39. The van der Waals surface area contributed by atoms with Crippen LogP contribution >= 0.6 is 0 Å². The van der Waals surface area contributed by atoms with Gasteiger partial charge in [0.2, 0.25) is 0 Å². The Morgan fingerprint density at radius 2 is 1.76 bits per heavy atom. The fourth-order valence-electron chi connectivity index (χ4n) is 4.42. The Morgan fingerprint density at radius 3 is 2.32 bits per heavy atom. The van der Waals surface area contributed by atoms with Gasteiger partial charge < -0.3 is 10.2 Å². The Labute approximate surface area is 150 Å². The number of nitro benzene ring substituents is 1. The van der Waals surface area contributed by atoms with E-state index in [1.807, 2.05) is 12.1 Å². The molecule has 0 saturated carbocycles. The van der Waals surface area contributed by atoms with Crippen LogP contribution in [0.15, 0.2) is 24.3 Å². The van der Waals surface area contributed by atoms with Crippen LogP contribution in [0, 0.1) is 22.0 Å². The van der Waals surface area contributed by atoms with Gasteiger partial charge in [-0.2, -0.15) is 0 Å². The summed E-state index contributed by atoms with van der Waals surface area (Å²) in [5, 5.41) is 14.9. The highest BCUT2D eigenvalue weighted by Crippen LogP contribution is 2.32. The molecule has 2 aliphatic rings. The van der Waals surface area contributed by atoms with Crippen LogP contribution in [-0.4, -0.2) is 59.5 Å². The Hall–Kier alpha value is -1.50. The molecule has 6 nitrogen and oxygen atoms in total. The van der Waals surface area contributed by atoms with E-state index in [-0.39, 0.29) is 16.1 Å². The molecule has 0 aliphatic carbocycles. The molecule has 2 heterocycles. The molecular weight excluding hydrogens is 316 g/mol. The monoisotopic (exact) mass is 346 g/mol. The molecule has 6 heteroatoms. The van der Waals surface area contributed by atoms with E-state index in [4.69, 9.17) is 0 Å². The maximum Gasteiger partial charge on any atom is 0.273 e. The van der Waals surface area contributed by atoms with Crippen LogP contribution in [-0.2, 0) is 6.54 Å². The number of piperidine rings is 2. The van der Waals surface area contributed by atoms with Crippen LogP contribution in [0.2, 0.25) is 0 Å². The molecule has 0 radical (unpaired) electrons. The van der Waals surface area contributed by atoms with E-state index in [1.165, 1.54) is 0 Å². The summed E-state index contributed by atoms with van der Waals surface area (Å²) in [5.74, 6) is 1.11. The zero-order chi connectivity index (χ0) is 18.2. The summed E-state index contributed by atoms with van der Waals surface area (Å²) in [5.41, 5.74) is 1.18. The number of hydrogen-bond acceptors (Lipinski definition) is 5. The predicted molar refractivity (Wildman–Crippen MR) is 99.5 cm³/mol. The largest absolute Gasteiger partial charge is 0.309 e. The molecule has 0 aromatic heterocycles. The third-order valence-corrected chi connectivity index (χ3v) is 5.68. The standard InChI is InChI=1S/C19H30N4O2/c1-19(2,3)22-12-15-10-21(4)11-16(13-22)18(15)20-9-14-7-5-6-8-17(14)23(24)25/h5-8,15-16,18,20H,9-13H2,1-4H3. The summed E-state index contributed by atoms with van der Waals surface area (Å²) in [6, 6.07) is 7.48. The zero-order valence-electron chi connectivity index (χ0n) is 15.7. The van der Waals surface area contributed by atoms with E-state index in [2.05, 4.69) is 42.9 Å². The number of fused-ring (bicyclic) bond motifs is 2. The Morgan fingerprint density at radius 1 is 1.16 bits per heavy atom. The van der Waals surface area contributed by atoms with Crippen molar-refractivity contribution >= 4 is 5.69 Å². The predicted octanol–water partition coefficient (Wildman–Crippen LogP) is 2.34. The van der Waals surface area contributed by atoms with Crippen molar-refractivity contribution in [3.05, 3.63) is 39.9 Å². The van der Waals surface area contributed by atoms with Crippen molar-refractivity contribution in [1.29, 1.82) is 0 Å². The Kier molecular flexibility index (Phi) is 5.14. The third-order valence-electron chi connectivity index (χ3n) is 5.68. The van der Waals surface area contributed by atoms with Gasteiger partial charge in [0.05, 0.1) is 4.92 Å². The summed E-state index contributed by atoms with van der Waals surface area (Å²) >= 11 is 0. The average molecular weight is 346 g/mol. The number of nitrogens with zero attached hydrogens (tertiary/aromatic N) is 3. The number of nitrogens with one attached hydrogen (secondary N) is 1. The minimum Gasteiger partial charge on any atom is -0.309 e. The van der Waals surface area contributed by atoms with Crippen LogP contribution < -0.4 is 5.32 Å². The number of para-hydroxylation sites is 1. The van der Waals surface area contributed by atoms with Gasteiger partial charge in [0.15, 0.2) is 0 Å². The second-order valence-corrected chi connectivity index (χ2v) is 8.61. The van der Waals surface area contributed by atoms with Crippen molar-refractivity contribution in [2.24, 2.45) is 11.8 Å². The number of nitro groups is 1. The molecule has 138 valence electrons. The van der Waals surface area contributed by atoms with Gasteiger partial charge >= 0.3 is 0 Å². The number of likely N-dealkylation sites (tertiary alicyclic amines) is 2. The topological polar surface area (TPSA) is 61.6 Å². The molecule has 2 saturated heterocycles. The van der Waals surface area contributed by atoms with Crippen molar-refractivity contribution in [3.8, 4) is 0 Å². The first-order valence-electron chi connectivity index (χ1n) is 9.15. The van der Waals surface area contributed by atoms with Gasteiger partial charge in [-0.3, -0.25) is 15.0 Å². The molecule has 1 aromatic rings. The van der Waals surface area contributed by atoms with Gasteiger partial charge in [0.1, 0.15) is 0 Å². The lowest BCUT2D eigenvalue weighted by Gasteiger charge is -2.53. The SMILES string of the molecule is CN1CC2CN(C(C)(C)C)CC(C1)C2NCc1ccccc1[N+](=O)[O-]. The fraction of sp³-hybridized carbons (Fsp3) is 0.684. The smallest absolute Gasteiger partial charge is 0.273 e. The minimum atomic E-state index is -0.284. The molecule has 2 atom stereocenters. The lowest BCUT2D eigenvalue weighted by atomic mass is 9.78. The van der Waals surface area contributed by atoms with Crippen LogP contribution in [0.4, 0.5) is 5.69 Å².